The number of anilines is 1. The Balaban J connectivity index is 2.43. The zero-order valence-electron chi connectivity index (χ0n) is 11.2. The van der Waals surface area contributed by atoms with Crippen molar-refractivity contribution in [2.75, 3.05) is 4.72 Å². The number of hydrogen-bond donors (Lipinski definition) is 2. The van der Waals surface area contributed by atoms with Gasteiger partial charge in [0.25, 0.3) is 10.0 Å². The van der Waals surface area contributed by atoms with Gasteiger partial charge in [-0.1, -0.05) is 0 Å². The normalized spacial score (nSPS) is 11.4. The van der Waals surface area contributed by atoms with E-state index in [1.165, 1.54) is 0 Å². The molecule has 0 spiro atoms. The lowest BCUT2D eigenvalue weighted by Crippen LogP contribution is -2.14. The Bertz CT molecular complexity index is 812. The Morgan fingerprint density at radius 1 is 1.29 bits per heavy atom. The van der Waals surface area contributed by atoms with E-state index in [0.717, 1.165) is 34.4 Å². The minimum Gasteiger partial charge on any atom is -0.478 e. The fraction of sp³-hybridized carbons (Fsp3) is 0.154. The van der Waals surface area contributed by atoms with E-state index in [-0.39, 0.29) is 15.5 Å². The van der Waals surface area contributed by atoms with Gasteiger partial charge in [0.15, 0.2) is 0 Å². The van der Waals surface area contributed by atoms with Crippen molar-refractivity contribution < 1.29 is 22.7 Å². The fourth-order valence-corrected chi connectivity index (χ4v) is 4.54. The highest BCUT2D eigenvalue weighted by Gasteiger charge is 2.21. The molecule has 5 nitrogen and oxygen atoms in total. The zero-order valence-corrected chi connectivity index (χ0v) is 12.8. The summed E-state index contributed by atoms with van der Waals surface area (Å²) < 4.78 is 40.4. The number of halogens is 1. The average Bonchev–Trinajstić information content (AvgIpc) is 2.71. The van der Waals surface area contributed by atoms with Crippen LogP contribution in [0.25, 0.3) is 0 Å². The van der Waals surface area contributed by atoms with Crippen molar-refractivity contribution >= 4 is 33.0 Å². The molecule has 2 N–H and O–H groups in total. The number of aryl methyl sites for hydroxylation is 2. The monoisotopic (exact) mass is 329 g/mol. The molecule has 1 aromatic heterocycles. The van der Waals surface area contributed by atoms with E-state index >= 15 is 0 Å². The highest BCUT2D eigenvalue weighted by molar-refractivity contribution is 7.94. The summed E-state index contributed by atoms with van der Waals surface area (Å²) in [5.41, 5.74) is -0.0340. The molecule has 2 aromatic rings. The van der Waals surface area contributed by atoms with Crippen LogP contribution in [0.4, 0.5) is 10.1 Å². The molecule has 0 aliphatic carbocycles. The van der Waals surface area contributed by atoms with Gasteiger partial charge in [0.1, 0.15) is 10.0 Å². The Labute approximate surface area is 125 Å². The van der Waals surface area contributed by atoms with Crippen LogP contribution in [0, 0.1) is 19.7 Å². The first-order chi connectivity index (χ1) is 9.70. The minimum atomic E-state index is -3.95. The van der Waals surface area contributed by atoms with E-state index in [1.54, 1.807) is 19.9 Å². The topological polar surface area (TPSA) is 83.5 Å². The Kier molecular flexibility index (Phi) is 4.02. The molecule has 0 unspecified atom stereocenters. The summed E-state index contributed by atoms with van der Waals surface area (Å²) in [5, 5.41) is 8.87. The van der Waals surface area contributed by atoms with Gasteiger partial charge in [0.05, 0.1) is 11.3 Å². The summed E-state index contributed by atoms with van der Waals surface area (Å²) in [6.45, 7) is 3.41. The maximum Gasteiger partial charge on any atom is 0.335 e. The molecule has 0 atom stereocenters. The van der Waals surface area contributed by atoms with Gasteiger partial charge in [-0.25, -0.2) is 17.6 Å². The van der Waals surface area contributed by atoms with Gasteiger partial charge in [-0.3, -0.25) is 4.72 Å². The lowest BCUT2D eigenvalue weighted by molar-refractivity contribution is 0.0697. The summed E-state index contributed by atoms with van der Waals surface area (Å²) in [6.07, 6.45) is 0. The maximum atomic E-state index is 13.7. The second kappa shape index (κ2) is 5.45. The van der Waals surface area contributed by atoms with Crippen molar-refractivity contribution in [3.05, 3.63) is 46.1 Å². The van der Waals surface area contributed by atoms with Gasteiger partial charge < -0.3 is 5.11 Å². The van der Waals surface area contributed by atoms with E-state index in [0.29, 0.717) is 5.56 Å². The van der Waals surface area contributed by atoms with Crippen LogP contribution in [0.1, 0.15) is 20.8 Å². The molecule has 2 rings (SSSR count). The van der Waals surface area contributed by atoms with Crippen LogP contribution in [0.3, 0.4) is 0 Å². The first-order valence-corrected chi connectivity index (χ1v) is 8.13. The molecular formula is C13H12FNO4S2. The molecule has 0 amide bonds. The summed E-state index contributed by atoms with van der Waals surface area (Å²) >= 11 is 1.07. The number of nitrogens with one attached hydrogen (secondary N) is 1. The molecule has 0 radical (unpaired) electrons. The molecule has 21 heavy (non-hydrogen) atoms. The number of carbonyl (C=O) groups is 1. The van der Waals surface area contributed by atoms with Crippen LogP contribution in [-0.2, 0) is 10.0 Å². The van der Waals surface area contributed by atoms with Gasteiger partial charge in [0, 0.05) is 4.88 Å². The molecular weight excluding hydrogens is 317 g/mol. The van der Waals surface area contributed by atoms with Crippen molar-refractivity contribution in [3.63, 3.8) is 0 Å². The second-order valence-corrected chi connectivity index (χ2v) is 7.57. The highest BCUT2D eigenvalue weighted by Crippen LogP contribution is 2.28. The van der Waals surface area contributed by atoms with Crippen LogP contribution >= 0.6 is 11.3 Å². The average molecular weight is 329 g/mol. The number of sulfonamides is 1. The highest BCUT2D eigenvalue weighted by atomic mass is 32.2. The molecule has 1 heterocycles. The molecule has 0 aliphatic rings. The first kappa shape index (κ1) is 15.5. The molecule has 0 saturated carbocycles. The number of rotatable bonds is 4. The van der Waals surface area contributed by atoms with Crippen molar-refractivity contribution in [2.45, 2.75) is 18.1 Å². The van der Waals surface area contributed by atoms with E-state index in [2.05, 4.69) is 4.72 Å². The quantitative estimate of drug-likeness (QED) is 0.903. The van der Waals surface area contributed by atoms with Crippen LogP contribution in [-0.4, -0.2) is 19.5 Å². The summed E-state index contributed by atoms with van der Waals surface area (Å²) in [4.78, 5) is 11.7. The summed E-state index contributed by atoms with van der Waals surface area (Å²) in [7, 11) is -3.95. The third kappa shape index (κ3) is 3.22. The van der Waals surface area contributed by atoms with E-state index in [9.17, 15) is 17.6 Å². The van der Waals surface area contributed by atoms with Crippen molar-refractivity contribution in [2.24, 2.45) is 0 Å². The van der Waals surface area contributed by atoms with Crippen molar-refractivity contribution in [1.82, 2.24) is 0 Å². The van der Waals surface area contributed by atoms with Crippen LogP contribution in [0.5, 0.6) is 0 Å². The Morgan fingerprint density at radius 2 is 1.95 bits per heavy atom. The molecule has 0 saturated heterocycles. The lowest BCUT2D eigenvalue weighted by Gasteiger charge is -2.09. The number of thiophene rings is 1. The smallest absolute Gasteiger partial charge is 0.335 e. The molecule has 0 bridgehead atoms. The summed E-state index contributed by atoms with van der Waals surface area (Å²) in [5.74, 6) is -2.10. The molecule has 1 aromatic carbocycles. The molecule has 112 valence electrons. The van der Waals surface area contributed by atoms with Gasteiger partial charge in [-0.2, -0.15) is 0 Å². The Hall–Kier alpha value is -1.93. The van der Waals surface area contributed by atoms with E-state index in [4.69, 9.17) is 5.11 Å². The number of aromatic carboxylic acids is 1. The number of carboxylic acids is 1. The molecule has 0 aliphatic heterocycles. The zero-order chi connectivity index (χ0) is 15.8. The molecule has 8 heteroatoms. The first-order valence-electron chi connectivity index (χ1n) is 5.83. The van der Waals surface area contributed by atoms with Gasteiger partial charge in [-0.05, 0) is 43.7 Å². The third-order valence-electron chi connectivity index (χ3n) is 2.70. The second-order valence-electron chi connectivity index (χ2n) is 4.43. The Morgan fingerprint density at radius 3 is 2.48 bits per heavy atom. The maximum absolute atomic E-state index is 13.7. The lowest BCUT2D eigenvalue weighted by atomic mass is 10.2. The SMILES string of the molecule is Cc1cc(C)c(S(=O)(=O)Nc2cc(C(=O)O)ccc2F)s1. The largest absolute Gasteiger partial charge is 0.478 e. The number of hydrogen-bond acceptors (Lipinski definition) is 4. The van der Waals surface area contributed by atoms with Gasteiger partial charge >= 0.3 is 5.97 Å². The van der Waals surface area contributed by atoms with Crippen molar-refractivity contribution in [3.8, 4) is 0 Å². The number of carboxylic acid groups (broad SMARTS) is 1. The third-order valence-corrected chi connectivity index (χ3v) is 5.85. The standard InChI is InChI=1S/C13H12FNO4S2/c1-7-5-8(2)20-13(7)21(18,19)15-11-6-9(12(16)17)3-4-10(11)14/h3-6,15H,1-2H3,(H,16,17). The minimum absolute atomic E-state index is 0.0835. The van der Waals surface area contributed by atoms with Crippen LogP contribution in [0.15, 0.2) is 28.5 Å². The predicted octanol–water partition coefficient (Wildman–Crippen LogP) is 3.00. The number of benzene rings is 1. The van der Waals surface area contributed by atoms with Crippen molar-refractivity contribution in [1.29, 1.82) is 0 Å². The molecule has 0 fully saturated rings. The predicted molar refractivity (Wildman–Crippen MR) is 78.0 cm³/mol. The fourth-order valence-electron chi connectivity index (χ4n) is 1.81. The summed E-state index contributed by atoms with van der Waals surface area (Å²) in [6, 6.07) is 4.64. The van der Waals surface area contributed by atoms with E-state index < -0.39 is 21.8 Å². The van der Waals surface area contributed by atoms with E-state index in [1.807, 2.05) is 0 Å². The van der Waals surface area contributed by atoms with Gasteiger partial charge in [0.2, 0.25) is 0 Å². The van der Waals surface area contributed by atoms with Crippen LogP contribution in [0.2, 0.25) is 0 Å². The van der Waals surface area contributed by atoms with Gasteiger partial charge in [-0.15, -0.1) is 11.3 Å². The van der Waals surface area contributed by atoms with Crippen LogP contribution < -0.4 is 4.72 Å².